The van der Waals surface area contributed by atoms with E-state index in [0.29, 0.717) is 17.8 Å². The molecule has 0 aromatic carbocycles. The standard InChI is InChI=1S/C21H44N4.C10H20N2.CH2Cl2.2CH4/c1-17(2)15-22-11-13-24(19(5,6)7)21(22)23(16-18(3)4)12-14-25(21)20(8,9)10;1-9(2)8-11-6-7-12-10(3,4)5;2-1-3;;/h17-18H,11-16H2,1-10H3;6-7,9H,8H2,1-5H3;1H2;2*1H4. The van der Waals surface area contributed by atoms with Crippen molar-refractivity contribution in [3.63, 3.8) is 0 Å². The number of hydrogen-bond acceptors (Lipinski definition) is 6. The fourth-order valence-electron chi connectivity index (χ4n) is 5.53. The minimum absolute atomic E-state index is 0. The van der Waals surface area contributed by atoms with Crippen LogP contribution in [0.3, 0.4) is 0 Å². The molecule has 8 heteroatoms. The molecule has 6 nitrogen and oxygen atoms in total. The van der Waals surface area contributed by atoms with Crippen LogP contribution in [0.25, 0.3) is 0 Å². The molecule has 0 N–H and O–H groups in total. The monoisotopic (exact) mass is 637 g/mol. The Bertz CT molecular complexity index is 703. The fraction of sp³-hybridized carbons (Fsp3) is 0.941. The van der Waals surface area contributed by atoms with Gasteiger partial charge in [-0.3, -0.25) is 29.6 Å². The van der Waals surface area contributed by atoms with Gasteiger partial charge in [0, 0.05) is 69.3 Å². The molecular weight excluding hydrogens is 563 g/mol. The van der Waals surface area contributed by atoms with Gasteiger partial charge in [-0.25, -0.2) is 0 Å². The number of rotatable bonds is 7. The molecule has 2 heterocycles. The van der Waals surface area contributed by atoms with Gasteiger partial charge in [0.15, 0.2) is 5.91 Å². The summed E-state index contributed by atoms with van der Waals surface area (Å²) < 4.78 is 0. The number of alkyl halides is 2. The Labute approximate surface area is 274 Å². The highest BCUT2D eigenvalue weighted by Crippen LogP contribution is 2.45. The quantitative estimate of drug-likeness (QED) is 0.206. The topological polar surface area (TPSA) is 37.7 Å². The molecule has 2 aliphatic heterocycles. The Morgan fingerprint density at radius 1 is 0.643 bits per heavy atom. The lowest BCUT2D eigenvalue weighted by Crippen LogP contribution is -2.75. The van der Waals surface area contributed by atoms with Crippen LogP contribution in [0.5, 0.6) is 0 Å². The van der Waals surface area contributed by atoms with E-state index in [4.69, 9.17) is 23.2 Å². The number of aliphatic imine (C=N–C) groups is 2. The third-order valence-electron chi connectivity index (χ3n) is 6.65. The minimum atomic E-state index is -0.0783. The van der Waals surface area contributed by atoms with Gasteiger partial charge >= 0.3 is 0 Å². The molecule has 0 radical (unpaired) electrons. The van der Waals surface area contributed by atoms with Gasteiger partial charge in [0.25, 0.3) is 0 Å². The molecule has 0 aliphatic carbocycles. The van der Waals surface area contributed by atoms with E-state index in [2.05, 4.69) is 133 Å². The van der Waals surface area contributed by atoms with Crippen molar-refractivity contribution in [2.45, 2.75) is 141 Å². The second-order valence-corrected chi connectivity index (χ2v) is 16.2. The highest BCUT2D eigenvalue weighted by molar-refractivity contribution is 6.40. The summed E-state index contributed by atoms with van der Waals surface area (Å²) in [6, 6.07) is 0. The van der Waals surface area contributed by atoms with Crippen molar-refractivity contribution in [1.29, 1.82) is 0 Å². The molecule has 254 valence electrons. The zero-order valence-corrected chi connectivity index (χ0v) is 30.5. The summed E-state index contributed by atoms with van der Waals surface area (Å²) >= 11 is 9.53. The van der Waals surface area contributed by atoms with E-state index in [1.807, 2.05) is 0 Å². The number of hydrogen-bond donors (Lipinski definition) is 0. The molecule has 2 rings (SSSR count). The lowest BCUT2D eigenvalue weighted by atomic mass is 10.0. The SMILES string of the molecule is C.C.CC(C)CN1CCN(C(C)(C)C)C12N(CC(C)C)CCN2C(C)(C)C.CC(C)CN=CC=NC(C)(C)C.ClCCl. The maximum atomic E-state index is 4.76. The van der Waals surface area contributed by atoms with Gasteiger partial charge in [0.1, 0.15) is 0 Å². The van der Waals surface area contributed by atoms with Crippen molar-refractivity contribution >= 4 is 35.6 Å². The molecule has 0 aromatic heterocycles. The van der Waals surface area contributed by atoms with Crippen LogP contribution in [-0.2, 0) is 0 Å². The van der Waals surface area contributed by atoms with Crippen molar-refractivity contribution < 1.29 is 0 Å². The largest absolute Gasteiger partial charge is 0.291 e. The summed E-state index contributed by atoms with van der Waals surface area (Å²) in [4.78, 5) is 19.6. The Balaban J connectivity index is -0.000000759. The minimum Gasteiger partial charge on any atom is -0.291 e. The van der Waals surface area contributed by atoms with Gasteiger partial charge in [-0.05, 0) is 80.1 Å². The predicted molar refractivity (Wildman–Crippen MR) is 195 cm³/mol. The fourth-order valence-corrected chi connectivity index (χ4v) is 5.53. The van der Waals surface area contributed by atoms with Crippen LogP contribution in [-0.4, -0.2) is 106 Å². The summed E-state index contributed by atoms with van der Waals surface area (Å²) in [7, 11) is 0. The van der Waals surface area contributed by atoms with Crippen LogP contribution in [0, 0.1) is 17.8 Å². The number of halogens is 2. The van der Waals surface area contributed by atoms with E-state index >= 15 is 0 Å². The van der Waals surface area contributed by atoms with Crippen molar-refractivity contribution in [2.24, 2.45) is 27.7 Å². The summed E-state index contributed by atoms with van der Waals surface area (Å²) in [5.74, 6) is 1.91. The van der Waals surface area contributed by atoms with Crippen molar-refractivity contribution in [3.8, 4) is 0 Å². The van der Waals surface area contributed by atoms with Crippen LogP contribution in [0.4, 0.5) is 0 Å². The second kappa shape index (κ2) is 20.0. The predicted octanol–water partition coefficient (Wildman–Crippen LogP) is 9.02. The first kappa shape index (κ1) is 46.2. The van der Waals surface area contributed by atoms with Gasteiger partial charge in [0.2, 0.25) is 0 Å². The first-order chi connectivity index (χ1) is 18.1. The molecule has 0 bridgehead atoms. The Morgan fingerprint density at radius 3 is 1.26 bits per heavy atom. The molecular formula is C34H74Cl2N6. The van der Waals surface area contributed by atoms with Crippen molar-refractivity contribution in [2.75, 3.05) is 51.2 Å². The average molecular weight is 638 g/mol. The third kappa shape index (κ3) is 15.2. The smallest absolute Gasteiger partial charge is 0.192 e. The van der Waals surface area contributed by atoms with Crippen LogP contribution < -0.4 is 0 Å². The molecule has 0 atom stereocenters. The van der Waals surface area contributed by atoms with Gasteiger partial charge in [-0.15, -0.1) is 23.2 Å². The van der Waals surface area contributed by atoms with Gasteiger partial charge in [-0.1, -0.05) is 56.4 Å². The van der Waals surface area contributed by atoms with E-state index in [9.17, 15) is 0 Å². The Kier molecular flexibility index (Phi) is 22.0. The molecule has 0 unspecified atom stereocenters. The molecule has 0 aromatic rings. The summed E-state index contributed by atoms with van der Waals surface area (Å²) in [6.45, 7) is 42.1. The van der Waals surface area contributed by atoms with Gasteiger partial charge < -0.3 is 0 Å². The number of nitrogens with zero attached hydrogens (tertiary/aromatic N) is 6. The van der Waals surface area contributed by atoms with Gasteiger partial charge in [0.05, 0.1) is 10.9 Å². The third-order valence-corrected chi connectivity index (χ3v) is 6.65. The highest BCUT2D eigenvalue weighted by atomic mass is 35.5. The van der Waals surface area contributed by atoms with Crippen molar-refractivity contribution in [3.05, 3.63) is 0 Å². The first-order valence-corrected chi connectivity index (χ1v) is 16.4. The molecule has 0 amide bonds. The normalized spacial score (nSPS) is 19.0. The average Bonchev–Trinajstić information content (AvgIpc) is 3.29. The van der Waals surface area contributed by atoms with E-state index in [-0.39, 0.29) is 42.7 Å². The maximum Gasteiger partial charge on any atom is 0.192 e. The summed E-state index contributed by atoms with van der Waals surface area (Å²) in [5.41, 5.74) is 0.313. The van der Waals surface area contributed by atoms with E-state index < -0.39 is 0 Å². The molecule has 2 saturated heterocycles. The van der Waals surface area contributed by atoms with Crippen LogP contribution in [0.2, 0.25) is 0 Å². The second-order valence-electron chi connectivity index (χ2n) is 15.4. The van der Waals surface area contributed by atoms with E-state index in [0.717, 1.165) is 45.8 Å². The Hall–Kier alpha value is -0.240. The van der Waals surface area contributed by atoms with E-state index in [1.54, 1.807) is 12.4 Å². The van der Waals surface area contributed by atoms with Crippen LogP contribution >= 0.6 is 23.2 Å². The van der Waals surface area contributed by atoms with E-state index in [1.165, 1.54) is 0 Å². The van der Waals surface area contributed by atoms with Crippen LogP contribution in [0.1, 0.15) is 119 Å². The van der Waals surface area contributed by atoms with Crippen LogP contribution in [0.15, 0.2) is 9.98 Å². The lowest BCUT2D eigenvalue weighted by Gasteiger charge is -2.58. The zero-order valence-electron chi connectivity index (χ0n) is 29.0. The van der Waals surface area contributed by atoms with Gasteiger partial charge in [-0.2, -0.15) is 0 Å². The summed E-state index contributed by atoms with van der Waals surface area (Å²) in [5, 5.41) is 0.194. The lowest BCUT2D eigenvalue weighted by molar-refractivity contribution is -0.233. The maximum absolute atomic E-state index is 4.76. The molecule has 42 heavy (non-hydrogen) atoms. The molecule has 0 saturated carbocycles. The first-order valence-electron chi connectivity index (χ1n) is 15.4. The zero-order chi connectivity index (χ0) is 31.5. The van der Waals surface area contributed by atoms with Crippen molar-refractivity contribution in [1.82, 2.24) is 19.6 Å². The molecule has 1 spiro atoms. The molecule has 2 fully saturated rings. The highest BCUT2D eigenvalue weighted by Gasteiger charge is 2.62. The Morgan fingerprint density at radius 2 is 1.00 bits per heavy atom. The molecule has 2 aliphatic rings. The summed E-state index contributed by atoms with van der Waals surface area (Å²) in [6.07, 6.45) is 3.56.